The molecular formula is C18H18N2O6S. The number of hydrogen-bond acceptors (Lipinski definition) is 8. The van der Waals surface area contributed by atoms with Crippen LogP contribution in [-0.4, -0.2) is 38.4 Å². The molecule has 1 aliphatic heterocycles. The Kier molecular flexibility index (Phi) is 5.41. The molecule has 0 fully saturated rings. The lowest BCUT2D eigenvalue weighted by Crippen LogP contribution is -2.08. The highest BCUT2D eigenvalue weighted by atomic mass is 32.2. The average Bonchev–Trinajstić information content (AvgIpc) is 2.70. The highest BCUT2D eigenvalue weighted by Crippen LogP contribution is 2.42. The lowest BCUT2D eigenvalue weighted by atomic mass is 10.1. The van der Waals surface area contributed by atoms with Crippen LogP contribution in [0.5, 0.6) is 23.0 Å². The van der Waals surface area contributed by atoms with Gasteiger partial charge in [0.05, 0.1) is 51.5 Å². The molecule has 0 radical (unpaired) electrons. The fourth-order valence-electron chi connectivity index (χ4n) is 2.75. The van der Waals surface area contributed by atoms with Crippen LogP contribution in [0.2, 0.25) is 0 Å². The van der Waals surface area contributed by atoms with Crippen molar-refractivity contribution in [3.8, 4) is 23.0 Å². The zero-order valence-corrected chi connectivity index (χ0v) is 16.1. The molecule has 9 heteroatoms. The van der Waals surface area contributed by atoms with Crippen molar-refractivity contribution >= 4 is 22.5 Å². The second kappa shape index (κ2) is 7.75. The lowest BCUT2D eigenvalue weighted by molar-refractivity contribution is -0.385. The fourth-order valence-corrected chi connectivity index (χ4v) is 3.78. The first-order valence-corrected chi connectivity index (χ1v) is 8.72. The molecule has 0 aromatic heterocycles. The molecule has 1 heterocycles. The Hall–Kier alpha value is -2.94. The molecule has 8 nitrogen and oxygen atoms in total. The largest absolute Gasteiger partial charge is 0.493 e. The van der Waals surface area contributed by atoms with Gasteiger partial charge in [0.25, 0.3) is 5.69 Å². The van der Waals surface area contributed by atoms with E-state index in [0.717, 1.165) is 10.5 Å². The van der Waals surface area contributed by atoms with Gasteiger partial charge in [0.2, 0.25) is 0 Å². The fraction of sp³-hybridized carbons (Fsp3) is 0.278. The van der Waals surface area contributed by atoms with Gasteiger partial charge in [-0.2, -0.15) is 0 Å². The van der Waals surface area contributed by atoms with Gasteiger partial charge in [-0.1, -0.05) is 11.8 Å². The number of rotatable bonds is 6. The number of benzene rings is 2. The monoisotopic (exact) mass is 390 g/mol. The SMILES string of the molecule is COc1cc2c(cc1OC)SC(c1cc(OC)c(OC)cc1[N+](=O)[O-])=NC2. The van der Waals surface area contributed by atoms with E-state index < -0.39 is 4.92 Å². The van der Waals surface area contributed by atoms with Gasteiger partial charge in [-0.15, -0.1) is 0 Å². The molecule has 0 saturated carbocycles. The molecule has 0 aliphatic carbocycles. The number of nitro groups is 1. The molecule has 0 spiro atoms. The topological polar surface area (TPSA) is 92.4 Å². The number of nitro benzene ring substituents is 1. The van der Waals surface area contributed by atoms with E-state index in [4.69, 9.17) is 18.9 Å². The molecule has 0 amide bonds. The van der Waals surface area contributed by atoms with Crippen molar-refractivity contribution in [3.63, 3.8) is 0 Å². The predicted molar refractivity (Wildman–Crippen MR) is 102 cm³/mol. The molecule has 2 aromatic rings. The van der Waals surface area contributed by atoms with Crippen LogP contribution in [-0.2, 0) is 6.54 Å². The van der Waals surface area contributed by atoms with E-state index in [2.05, 4.69) is 4.99 Å². The number of thioether (sulfide) groups is 1. The van der Waals surface area contributed by atoms with Crippen molar-refractivity contribution in [2.75, 3.05) is 28.4 Å². The minimum absolute atomic E-state index is 0.0946. The van der Waals surface area contributed by atoms with Crippen LogP contribution in [0.3, 0.4) is 0 Å². The predicted octanol–water partition coefficient (Wildman–Crippen LogP) is 3.68. The van der Waals surface area contributed by atoms with E-state index >= 15 is 0 Å². The van der Waals surface area contributed by atoms with Crippen molar-refractivity contribution in [1.82, 2.24) is 0 Å². The highest BCUT2D eigenvalue weighted by Gasteiger charge is 2.27. The van der Waals surface area contributed by atoms with Crippen LogP contribution in [0, 0.1) is 10.1 Å². The summed E-state index contributed by atoms with van der Waals surface area (Å²) in [7, 11) is 6.05. The molecule has 2 aromatic carbocycles. The maximum absolute atomic E-state index is 11.6. The maximum atomic E-state index is 11.6. The van der Waals surface area contributed by atoms with Crippen LogP contribution in [0.25, 0.3) is 0 Å². The van der Waals surface area contributed by atoms with Crippen LogP contribution < -0.4 is 18.9 Å². The first-order valence-electron chi connectivity index (χ1n) is 7.90. The maximum Gasteiger partial charge on any atom is 0.283 e. The molecular weight excluding hydrogens is 372 g/mol. The van der Waals surface area contributed by atoms with Crippen molar-refractivity contribution in [1.29, 1.82) is 0 Å². The smallest absolute Gasteiger partial charge is 0.283 e. The molecule has 0 saturated heterocycles. The summed E-state index contributed by atoms with van der Waals surface area (Å²) >= 11 is 1.34. The van der Waals surface area contributed by atoms with E-state index in [1.807, 2.05) is 12.1 Å². The second-order valence-corrected chi connectivity index (χ2v) is 6.55. The van der Waals surface area contributed by atoms with Crippen LogP contribution in [0.15, 0.2) is 34.2 Å². The van der Waals surface area contributed by atoms with Crippen molar-refractivity contribution in [2.45, 2.75) is 11.4 Å². The van der Waals surface area contributed by atoms with Gasteiger partial charge in [0.15, 0.2) is 23.0 Å². The van der Waals surface area contributed by atoms with E-state index in [1.165, 1.54) is 32.0 Å². The summed E-state index contributed by atoms with van der Waals surface area (Å²) in [6, 6.07) is 6.64. The average molecular weight is 390 g/mol. The third-order valence-electron chi connectivity index (χ3n) is 4.10. The van der Waals surface area contributed by atoms with E-state index in [0.29, 0.717) is 40.1 Å². The van der Waals surface area contributed by atoms with Gasteiger partial charge in [-0.3, -0.25) is 15.1 Å². The summed E-state index contributed by atoms with van der Waals surface area (Å²) < 4.78 is 21.1. The third-order valence-corrected chi connectivity index (χ3v) is 5.24. The number of ether oxygens (including phenoxy) is 4. The highest BCUT2D eigenvalue weighted by molar-refractivity contribution is 8.14. The molecule has 0 unspecified atom stereocenters. The Morgan fingerprint density at radius 2 is 1.48 bits per heavy atom. The van der Waals surface area contributed by atoms with Gasteiger partial charge < -0.3 is 18.9 Å². The van der Waals surface area contributed by atoms with Crippen molar-refractivity contribution < 1.29 is 23.9 Å². The first-order chi connectivity index (χ1) is 13.0. The minimum atomic E-state index is -0.454. The summed E-state index contributed by atoms with van der Waals surface area (Å²) in [5, 5.41) is 12.1. The Labute approximate surface area is 160 Å². The van der Waals surface area contributed by atoms with Gasteiger partial charge in [-0.05, 0) is 17.7 Å². The van der Waals surface area contributed by atoms with Gasteiger partial charge in [0, 0.05) is 11.0 Å². The first kappa shape index (κ1) is 18.8. The van der Waals surface area contributed by atoms with Crippen LogP contribution in [0.1, 0.15) is 11.1 Å². The Bertz CT molecular complexity index is 929. The molecule has 0 N–H and O–H groups in total. The molecule has 3 rings (SSSR count). The second-order valence-electron chi connectivity index (χ2n) is 5.52. The molecule has 0 bridgehead atoms. The summed E-state index contributed by atoms with van der Waals surface area (Å²) in [5.41, 5.74) is 1.25. The zero-order chi connectivity index (χ0) is 19.6. The normalized spacial score (nSPS) is 12.7. The van der Waals surface area contributed by atoms with Gasteiger partial charge in [-0.25, -0.2) is 0 Å². The molecule has 142 valence electrons. The van der Waals surface area contributed by atoms with E-state index in [1.54, 1.807) is 20.3 Å². The zero-order valence-electron chi connectivity index (χ0n) is 15.3. The van der Waals surface area contributed by atoms with Crippen LogP contribution in [0.4, 0.5) is 5.69 Å². The van der Waals surface area contributed by atoms with Crippen molar-refractivity contribution in [3.05, 3.63) is 45.5 Å². The number of methoxy groups -OCH3 is 4. The standard InChI is InChI=1S/C18H18N2O6S/c1-23-13-5-10-9-19-18(27-17(10)8-16(13)26-4)11-6-14(24-2)15(25-3)7-12(11)20(21)22/h5-8H,9H2,1-4H3. The third kappa shape index (κ3) is 3.50. The minimum Gasteiger partial charge on any atom is -0.493 e. The number of aliphatic imine (C=N–C) groups is 1. The quantitative estimate of drug-likeness (QED) is 0.549. The summed E-state index contributed by atoms with van der Waals surface area (Å²) in [4.78, 5) is 16.5. The number of nitrogens with zero attached hydrogens (tertiary/aromatic N) is 2. The summed E-state index contributed by atoms with van der Waals surface area (Å²) in [5.74, 6) is 1.90. The Morgan fingerprint density at radius 1 is 0.926 bits per heavy atom. The van der Waals surface area contributed by atoms with E-state index in [9.17, 15) is 10.1 Å². The van der Waals surface area contributed by atoms with Crippen molar-refractivity contribution in [2.24, 2.45) is 4.99 Å². The molecule has 0 atom stereocenters. The number of fused-ring (bicyclic) bond motifs is 1. The van der Waals surface area contributed by atoms with Gasteiger partial charge >= 0.3 is 0 Å². The van der Waals surface area contributed by atoms with Gasteiger partial charge in [0.1, 0.15) is 5.04 Å². The Morgan fingerprint density at radius 3 is 2.07 bits per heavy atom. The Balaban J connectivity index is 2.07. The van der Waals surface area contributed by atoms with Crippen LogP contribution >= 0.6 is 11.8 Å². The number of hydrogen-bond donors (Lipinski definition) is 0. The summed E-state index contributed by atoms with van der Waals surface area (Å²) in [6.07, 6.45) is 0. The summed E-state index contributed by atoms with van der Waals surface area (Å²) in [6.45, 7) is 0.378. The van der Waals surface area contributed by atoms with E-state index in [-0.39, 0.29) is 5.69 Å². The lowest BCUT2D eigenvalue weighted by Gasteiger charge is -2.19. The molecule has 1 aliphatic rings. The molecule has 27 heavy (non-hydrogen) atoms.